The summed E-state index contributed by atoms with van der Waals surface area (Å²) in [6.07, 6.45) is 7.91. The molecule has 30 heavy (non-hydrogen) atoms. The highest BCUT2D eigenvalue weighted by molar-refractivity contribution is 6.21. The van der Waals surface area contributed by atoms with Crippen molar-refractivity contribution in [2.45, 2.75) is 51.6 Å². The van der Waals surface area contributed by atoms with E-state index in [-0.39, 0.29) is 30.6 Å². The molecule has 1 aliphatic carbocycles. The molecule has 0 unspecified atom stereocenters. The molecule has 0 spiro atoms. The molecule has 0 N–H and O–H groups in total. The van der Waals surface area contributed by atoms with E-state index in [9.17, 15) is 4.79 Å². The van der Waals surface area contributed by atoms with Crippen molar-refractivity contribution in [3.8, 4) is 11.1 Å². The largest absolute Gasteiger partial charge is 0.299 e. The molecule has 162 valence electrons. The number of rotatable bonds is 4. The van der Waals surface area contributed by atoms with Gasteiger partial charge in [0.2, 0.25) is 0 Å². The number of hydrogen-bond acceptors (Lipinski definition) is 3. The van der Waals surface area contributed by atoms with Crippen LogP contribution in [0.25, 0.3) is 11.1 Å². The zero-order valence-electron chi connectivity index (χ0n) is 17.6. The first-order chi connectivity index (χ1) is 13.8. The van der Waals surface area contributed by atoms with E-state index in [1.54, 1.807) is 0 Å². The number of nitrogens with zero attached hydrogens (tertiary/aromatic N) is 2. The highest BCUT2D eigenvalue weighted by atomic mass is 35.5. The third-order valence-electron chi connectivity index (χ3n) is 6.66. The number of hydrogen-bond donors (Lipinski definition) is 0. The second kappa shape index (κ2) is 10.3. The summed E-state index contributed by atoms with van der Waals surface area (Å²) < 4.78 is 0. The van der Waals surface area contributed by atoms with E-state index in [1.807, 2.05) is 0 Å². The molecule has 0 atom stereocenters. The molecule has 0 bridgehead atoms. The van der Waals surface area contributed by atoms with Crippen LogP contribution < -0.4 is 0 Å². The predicted octanol–water partition coefficient (Wildman–Crippen LogP) is 5.71. The maximum absolute atomic E-state index is 13.1. The summed E-state index contributed by atoms with van der Waals surface area (Å²) in [5.41, 5.74) is 6.59. The highest BCUT2D eigenvalue weighted by Crippen LogP contribution is 2.38. The molecule has 3 nitrogen and oxygen atoms in total. The molecule has 2 aromatic carbocycles. The second-order valence-corrected chi connectivity index (χ2v) is 8.76. The van der Waals surface area contributed by atoms with E-state index in [1.165, 1.54) is 75.8 Å². The van der Waals surface area contributed by atoms with E-state index in [2.05, 4.69) is 46.2 Å². The van der Waals surface area contributed by atoms with Crippen molar-refractivity contribution in [2.75, 3.05) is 26.2 Å². The van der Waals surface area contributed by atoms with Crippen molar-refractivity contribution in [3.05, 3.63) is 58.7 Å². The fourth-order valence-corrected chi connectivity index (χ4v) is 5.12. The van der Waals surface area contributed by atoms with Gasteiger partial charge in [-0.3, -0.25) is 14.6 Å². The van der Waals surface area contributed by atoms with Gasteiger partial charge >= 0.3 is 0 Å². The molecule has 2 aliphatic heterocycles. The van der Waals surface area contributed by atoms with Crippen LogP contribution in [0.2, 0.25) is 0 Å². The average molecular weight is 447 g/mol. The van der Waals surface area contributed by atoms with E-state index >= 15 is 0 Å². The van der Waals surface area contributed by atoms with Gasteiger partial charge in [-0.1, -0.05) is 37.1 Å². The molecule has 0 aromatic heterocycles. The quantitative estimate of drug-likeness (QED) is 0.512. The van der Waals surface area contributed by atoms with Gasteiger partial charge in [0.05, 0.1) is 0 Å². The Morgan fingerprint density at radius 2 is 0.967 bits per heavy atom. The van der Waals surface area contributed by atoms with Gasteiger partial charge in [0.15, 0.2) is 5.78 Å². The number of ketones is 1. The van der Waals surface area contributed by atoms with E-state index < -0.39 is 0 Å². The number of halogens is 2. The number of likely N-dealkylation sites (tertiary alicyclic amines) is 2. The fraction of sp³-hybridized carbons (Fsp3) is 0.480. The third kappa shape index (κ3) is 4.75. The number of carbonyl (C=O) groups is 1. The third-order valence-corrected chi connectivity index (χ3v) is 6.66. The first-order valence-corrected chi connectivity index (χ1v) is 11.0. The van der Waals surface area contributed by atoms with Gasteiger partial charge in [-0.2, -0.15) is 0 Å². The summed E-state index contributed by atoms with van der Waals surface area (Å²) >= 11 is 0. The predicted molar refractivity (Wildman–Crippen MR) is 128 cm³/mol. The van der Waals surface area contributed by atoms with Crippen LogP contribution in [0.1, 0.15) is 65.6 Å². The van der Waals surface area contributed by atoms with Gasteiger partial charge in [0, 0.05) is 24.2 Å². The summed E-state index contributed by atoms with van der Waals surface area (Å²) in [5, 5.41) is 0. The summed E-state index contributed by atoms with van der Waals surface area (Å²) in [6.45, 7) is 6.68. The molecule has 2 heterocycles. The van der Waals surface area contributed by atoms with Crippen LogP contribution in [-0.4, -0.2) is 41.8 Å². The first-order valence-electron chi connectivity index (χ1n) is 11.0. The summed E-state index contributed by atoms with van der Waals surface area (Å²) in [7, 11) is 0. The lowest BCUT2D eigenvalue weighted by Gasteiger charge is -2.26. The van der Waals surface area contributed by atoms with Crippen molar-refractivity contribution in [2.24, 2.45) is 0 Å². The number of carbonyl (C=O) groups excluding carboxylic acids is 1. The average Bonchev–Trinajstić information content (AvgIpc) is 3.01. The van der Waals surface area contributed by atoms with Crippen molar-refractivity contribution in [1.29, 1.82) is 0 Å². The van der Waals surface area contributed by atoms with Crippen molar-refractivity contribution < 1.29 is 4.79 Å². The molecular formula is C25H32Cl2N2O. The molecular weight excluding hydrogens is 415 g/mol. The molecule has 3 aliphatic rings. The molecule has 5 heteroatoms. The number of benzene rings is 2. The van der Waals surface area contributed by atoms with Crippen LogP contribution in [0.3, 0.4) is 0 Å². The Bertz CT molecular complexity index is 815. The Labute approximate surface area is 192 Å². The molecule has 0 radical (unpaired) electrons. The Kier molecular flexibility index (Phi) is 7.98. The zero-order valence-corrected chi connectivity index (χ0v) is 19.2. The van der Waals surface area contributed by atoms with E-state index in [4.69, 9.17) is 0 Å². The van der Waals surface area contributed by atoms with Crippen molar-refractivity contribution in [3.63, 3.8) is 0 Å². The van der Waals surface area contributed by atoms with E-state index in [0.717, 1.165) is 35.3 Å². The van der Waals surface area contributed by atoms with Gasteiger partial charge in [0.25, 0.3) is 0 Å². The van der Waals surface area contributed by atoms with Crippen molar-refractivity contribution in [1.82, 2.24) is 9.80 Å². The van der Waals surface area contributed by atoms with Crippen LogP contribution in [0, 0.1) is 0 Å². The number of fused-ring (bicyclic) bond motifs is 3. The smallest absolute Gasteiger partial charge is 0.194 e. The van der Waals surface area contributed by atoms with E-state index in [0.29, 0.717) is 0 Å². The fourth-order valence-electron chi connectivity index (χ4n) is 5.12. The first kappa shape index (κ1) is 23.3. The minimum absolute atomic E-state index is 0. The molecule has 2 saturated heterocycles. The zero-order chi connectivity index (χ0) is 18.9. The lowest BCUT2D eigenvalue weighted by molar-refractivity contribution is 0.104. The topological polar surface area (TPSA) is 23.6 Å². The second-order valence-electron chi connectivity index (χ2n) is 8.76. The standard InChI is InChI=1S/C25H30N2O.2ClH/c28-25-23-15-19(17-26-11-3-1-4-12-26)7-9-21(23)22-10-8-20(16-24(22)25)18-27-13-5-2-6-14-27;;/h7-10,15-16H,1-6,11-14,17-18H2;2*1H. The minimum atomic E-state index is 0. The van der Waals surface area contributed by atoms with Gasteiger partial charge in [-0.25, -0.2) is 0 Å². The summed E-state index contributed by atoms with van der Waals surface area (Å²) in [4.78, 5) is 18.2. The Morgan fingerprint density at radius 3 is 1.37 bits per heavy atom. The van der Waals surface area contributed by atoms with Gasteiger partial charge in [0.1, 0.15) is 0 Å². The summed E-state index contributed by atoms with van der Waals surface area (Å²) in [6, 6.07) is 13.1. The number of piperidine rings is 2. The van der Waals surface area contributed by atoms with Gasteiger partial charge in [-0.15, -0.1) is 24.8 Å². The van der Waals surface area contributed by atoms with Crippen LogP contribution >= 0.6 is 24.8 Å². The lowest BCUT2D eigenvalue weighted by atomic mass is 10.0. The maximum atomic E-state index is 13.1. The Morgan fingerprint density at radius 1 is 0.567 bits per heavy atom. The Balaban J connectivity index is 0.00000128. The van der Waals surface area contributed by atoms with Crippen LogP contribution in [-0.2, 0) is 13.1 Å². The molecule has 5 rings (SSSR count). The Hall–Kier alpha value is -1.39. The summed E-state index contributed by atoms with van der Waals surface area (Å²) in [5.74, 6) is 0.214. The van der Waals surface area contributed by atoms with Crippen LogP contribution in [0.15, 0.2) is 36.4 Å². The molecule has 2 aromatic rings. The van der Waals surface area contributed by atoms with Crippen LogP contribution in [0.5, 0.6) is 0 Å². The normalized spacial score (nSPS) is 18.9. The van der Waals surface area contributed by atoms with Gasteiger partial charge < -0.3 is 0 Å². The van der Waals surface area contributed by atoms with Gasteiger partial charge in [-0.05, 0) is 86.2 Å². The minimum Gasteiger partial charge on any atom is -0.299 e. The molecule has 0 amide bonds. The maximum Gasteiger partial charge on any atom is 0.194 e. The monoisotopic (exact) mass is 446 g/mol. The highest BCUT2D eigenvalue weighted by Gasteiger charge is 2.27. The molecule has 2 fully saturated rings. The lowest BCUT2D eigenvalue weighted by Crippen LogP contribution is -2.29. The SMILES string of the molecule is Cl.Cl.O=C1c2cc(CN3CCCCC3)ccc2-c2ccc(CN3CCCCC3)cc21. The van der Waals surface area contributed by atoms with Crippen LogP contribution in [0.4, 0.5) is 0 Å². The molecule has 0 saturated carbocycles. The van der Waals surface area contributed by atoms with Crippen molar-refractivity contribution >= 4 is 30.6 Å².